The van der Waals surface area contributed by atoms with Gasteiger partial charge >= 0.3 is 0 Å². The third-order valence-electron chi connectivity index (χ3n) is 11.8. The Balaban J connectivity index is 1.15. The minimum Gasteiger partial charge on any atom is -0.355 e. The van der Waals surface area contributed by atoms with Gasteiger partial charge in [-0.3, -0.25) is 0 Å². The van der Waals surface area contributed by atoms with Crippen LogP contribution in [0, 0.1) is 0 Å². The summed E-state index contributed by atoms with van der Waals surface area (Å²) in [5.74, 6) is 0. The number of benzene rings is 8. The van der Waals surface area contributed by atoms with Crippen LogP contribution in [-0.2, 0) is 5.41 Å². The van der Waals surface area contributed by atoms with Crippen molar-refractivity contribution in [3.63, 3.8) is 0 Å². The maximum absolute atomic E-state index is 3.96. The molecule has 0 saturated heterocycles. The van der Waals surface area contributed by atoms with Crippen LogP contribution in [-0.4, -0.2) is 7.28 Å². The monoisotopic (exact) mass is 720 g/mol. The van der Waals surface area contributed by atoms with Gasteiger partial charge in [0.15, 0.2) is 7.28 Å². The predicted molar refractivity (Wildman–Crippen MR) is 239 cm³/mol. The molecule has 260 valence electrons. The molecule has 4 heteroatoms. The number of anilines is 5. The van der Waals surface area contributed by atoms with Crippen LogP contribution in [0.2, 0.25) is 0 Å². The molecule has 0 spiro atoms. The first kappa shape index (κ1) is 32.1. The number of fused-ring (bicyclic) bond motifs is 8. The molecule has 0 bridgehead atoms. The van der Waals surface area contributed by atoms with Gasteiger partial charge in [0, 0.05) is 43.5 Å². The summed E-state index contributed by atoms with van der Waals surface area (Å²) in [6, 6.07) is 64.6. The second kappa shape index (κ2) is 12.3. The molecule has 0 amide bonds. The molecule has 2 nitrogen and oxygen atoms in total. The van der Waals surface area contributed by atoms with E-state index in [9.17, 15) is 0 Å². The molecule has 1 aromatic heterocycles. The molecule has 2 aliphatic rings. The Labute approximate surface area is 326 Å². The van der Waals surface area contributed by atoms with Crippen LogP contribution in [0.25, 0.3) is 53.6 Å². The Kier molecular flexibility index (Phi) is 7.21. The topological polar surface area (TPSA) is 15.3 Å². The van der Waals surface area contributed by atoms with Crippen molar-refractivity contribution in [2.75, 3.05) is 10.2 Å². The Hall–Kier alpha value is -6.36. The first-order chi connectivity index (χ1) is 27.0. The average Bonchev–Trinajstić information content (AvgIpc) is 3.61. The lowest BCUT2D eigenvalue weighted by atomic mass is 9.56. The highest BCUT2D eigenvalue weighted by molar-refractivity contribution is 7.26. The average molecular weight is 721 g/mol. The molecule has 9 aromatic rings. The van der Waals surface area contributed by atoms with Crippen LogP contribution in [0.5, 0.6) is 0 Å². The standard InChI is InChI=1S/C51H37BN2S/c1-51(2)41-22-11-13-26-45(41)54-48-42(51)23-15-24-43(48)52-47-39(31-40-38-21-10-14-27-46(38)55-50(40)49(47)54)37-20-9-12-25-44(37)53-36-29-34(32-16-5-3-6-17-32)28-35(30-36)33-18-7-4-8-19-33/h3-31,52-53H,1-2H3. The van der Waals surface area contributed by atoms with Crippen molar-refractivity contribution in [2.24, 2.45) is 0 Å². The van der Waals surface area contributed by atoms with Crippen molar-refractivity contribution >= 4 is 78.2 Å². The maximum atomic E-state index is 3.96. The number of thiophene rings is 1. The Bertz CT molecular complexity index is 2910. The lowest BCUT2D eigenvalue weighted by Crippen LogP contribution is -2.45. The van der Waals surface area contributed by atoms with Crippen LogP contribution < -0.4 is 21.1 Å². The summed E-state index contributed by atoms with van der Waals surface area (Å²) in [4.78, 5) is 2.62. The Morgan fingerprint density at radius 3 is 1.96 bits per heavy atom. The van der Waals surface area contributed by atoms with Gasteiger partial charge in [0.2, 0.25) is 0 Å². The van der Waals surface area contributed by atoms with Crippen molar-refractivity contribution < 1.29 is 0 Å². The normalized spacial score (nSPS) is 13.5. The van der Waals surface area contributed by atoms with E-state index in [1.165, 1.54) is 92.7 Å². The van der Waals surface area contributed by atoms with Crippen LogP contribution >= 0.6 is 11.3 Å². The van der Waals surface area contributed by atoms with Crippen LogP contribution in [0.15, 0.2) is 176 Å². The number of para-hydroxylation sites is 3. The second-order valence-corrected chi connectivity index (χ2v) is 16.4. The summed E-state index contributed by atoms with van der Waals surface area (Å²) in [6.45, 7) is 4.77. The lowest BCUT2D eigenvalue weighted by molar-refractivity contribution is 0.632. The van der Waals surface area contributed by atoms with E-state index in [1.807, 2.05) is 11.3 Å². The predicted octanol–water partition coefficient (Wildman–Crippen LogP) is 12.6. The molecule has 55 heavy (non-hydrogen) atoms. The van der Waals surface area contributed by atoms with E-state index in [2.05, 4.69) is 200 Å². The van der Waals surface area contributed by atoms with Crippen LogP contribution in [0.1, 0.15) is 25.0 Å². The molecule has 11 rings (SSSR count). The largest absolute Gasteiger partial charge is 0.355 e. The zero-order valence-corrected chi connectivity index (χ0v) is 31.6. The highest BCUT2D eigenvalue weighted by Gasteiger charge is 2.42. The molecule has 0 unspecified atom stereocenters. The molecule has 8 aromatic carbocycles. The Morgan fingerprint density at radius 2 is 1.18 bits per heavy atom. The van der Waals surface area contributed by atoms with Gasteiger partial charge in [-0.2, -0.15) is 0 Å². The number of hydrogen-bond acceptors (Lipinski definition) is 3. The number of hydrogen-bond donors (Lipinski definition) is 1. The molecule has 1 N–H and O–H groups in total. The van der Waals surface area contributed by atoms with E-state index in [4.69, 9.17) is 0 Å². The maximum Gasteiger partial charge on any atom is 0.198 e. The number of nitrogens with one attached hydrogen (secondary N) is 1. The molecule has 0 radical (unpaired) electrons. The number of rotatable bonds is 5. The van der Waals surface area contributed by atoms with E-state index in [0.717, 1.165) is 18.7 Å². The third-order valence-corrected chi connectivity index (χ3v) is 13.0. The first-order valence-corrected chi connectivity index (χ1v) is 20.0. The lowest BCUT2D eigenvalue weighted by Gasteiger charge is -2.46. The van der Waals surface area contributed by atoms with E-state index in [0.29, 0.717) is 0 Å². The minimum atomic E-state index is -0.115. The van der Waals surface area contributed by atoms with Crippen molar-refractivity contribution in [1.29, 1.82) is 0 Å². The van der Waals surface area contributed by atoms with Gasteiger partial charge < -0.3 is 10.2 Å². The van der Waals surface area contributed by atoms with Crippen molar-refractivity contribution in [2.45, 2.75) is 19.3 Å². The molecule has 0 fully saturated rings. The summed E-state index contributed by atoms with van der Waals surface area (Å²) < 4.78 is 2.67. The van der Waals surface area contributed by atoms with Gasteiger partial charge in [-0.15, -0.1) is 11.3 Å². The molecule has 0 aliphatic carbocycles. The van der Waals surface area contributed by atoms with Gasteiger partial charge in [-0.25, -0.2) is 0 Å². The molecular weight excluding hydrogens is 683 g/mol. The van der Waals surface area contributed by atoms with E-state index >= 15 is 0 Å². The first-order valence-electron chi connectivity index (χ1n) is 19.1. The smallest absolute Gasteiger partial charge is 0.198 e. The number of nitrogens with zero attached hydrogens (tertiary/aromatic N) is 1. The SMILES string of the molecule is CC1(C)c2ccccc2N2c3c(cccc31)Bc1c(-c3ccccc3Nc3cc(-c4ccccc4)cc(-c4ccccc4)c3)cc3c(sc4ccccc43)c12. The van der Waals surface area contributed by atoms with E-state index in [-0.39, 0.29) is 5.41 Å². The van der Waals surface area contributed by atoms with Crippen molar-refractivity contribution in [3.8, 4) is 33.4 Å². The zero-order chi connectivity index (χ0) is 36.7. The van der Waals surface area contributed by atoms with Gasteiger partial charge in [-0.05, 0) is 86.9 Å². The Morgan fingerprint density at radius 1 is 0.527 bits per heavy atom. The fraction of sp³-hybridized carbons (Fsp3) is 0.0588. The summed E-state index contributed by atoms with van der Waals surface area (Å²) >= 11 is 1.93. The van der Waals surface area contributed by atoms with Crippen molar-refractivity contribution in [3.05, 3.63) is 187 Å². The highest BCUT2D eigenvalue weighted by atomic mass is 32.1. The quantitative estimate of drug-likeness (QED) is 0.178. The molecule has 0 saturated carbocycles. The second-order valence-electron chi connectivity index (χ2n) is 15.4. The molecular formula is C51H37BN2S. The van der Waals surface area contributed by atoms with Gasteiger partial charge in [0.05, 0.1) is 16.1 Å². The fourth-order valence-electron chi connectivity index (χ4n) is 9.20. The molecule has 2 aliphatic heterocycles. The molecule has 3 heterocycles. The summed E-state index contributed by atoms with van der Waals surface area (Å²) in [7, 11) is 0.864. The van der Waals surface area contributed by atoms with E-state index in [1.54, 1.807) is 0 Å². The third kappa shape index (κ3) is 5.02. The highest BCUT2D eigenvalue weighted by Crippen LogP contribution is 2.55. The zero-order valence-electron chi connectivity index (χ0n) is 30.8. The minimum absolute atomic E-state index is 0.115. The summed E-state index contributed by atoms with van der Waals surface area (Å²) in [5.41, 5.74) is 18.7. The van der Waals surface area contributed by atoms with Gasteiger partial charge in [-0.1, -0.05) is 153 Å². The van der Waals surface area contributed by atoms with Crippen LogP contribution in [0.4, 0.5) is 28.4 Å². The summed E-state index contributed by atoms with van der Waals surface area (Å²) in [6.07, 6.45) is 0. The fourth-order valence-corrected chi connectivity index (χ4v) is 10.4. The van der Waals surface area contributed by atoms with E-state index < -0.39 is 0 Å². The van der Waals surface area contributed by atoms with Crippen LogP contribution in [0.3, 0.4) is 0 Å². The summed E-state index contributed by atoms with van der Waals surface area (Å²) in [5, 5.41) is 6.58. The molecule has 0 atom stereocenters. The van der Waals surface area contributed by atoms with Crippen molar-refractivity contribution in [1.82, 2.24) is 0 Å². The van der Waals surface area contributed by atoms with Gasteiger partial charge in [0.1, 0.15) is 0 Å². The van der Waals surface area contributed by atoms with Gasteiger partial charge in [0.25, 0.3) is 0 Å².